The third kappa shape index (κ3) is 5.17. The van der Waals surface area contributed by atoms with E-state index in [1.165, 1.54) is 31.4 Å². The molecule has 1 N–H and O–H groups in total. The molecule has 0 unspecified atom stereocenters. The summed E-state index contributed by atoms with van der Waals surface area (Å²) in [7, 11) is 1.31. The van der Waals surface area contributed by atoms with Crippen molar-refractivity contribution in [3.8, 4) is 11.3 Å². The Morgan fingerprint density at radius 3 is 2.63 bits per heavy atom. The smallest absolute Gasteiger partial charge is 0.337 e. The van der Waals surface area contributed by atoms with Gasteiger partial charge in [0.05, 0.1) is 23.3 Å². The second kappa shape index (κ2) is 9.98. The van der Waals surface area contributed by atoms with Gasteiger partial charge in [0.25, 0.3) is 11.1 Å². The van der Waals surface area contributed by atoms with E-state index in [0.717, 1.165) is 16.0 Å². The molecule has 0 bridgehead atoms. The number of halogens is 1. The highest BCUT2D eigenvalue weighted by Gasteiger charge is 2.36. The number of esters is 1. The van der Waals surface area contributed by atoms with Crippen molar-refractivity contribution >= 4 is 46.5 Å². The van der Waals surface area contributed by atoms with Crippen molar-refractivity contribution in [1.29, 1.82) is 0 Å². The van der Waals surface area contributed by atoms with E-state index in [4.69, 9.17) is 9.15 Å². The van der Waals surface area contributed by atoms with E-state index in [1.807, 2.05) is 6.92 Å². The number of carbonyl (C=O) groups is 4. The number of anilines is 1. The second-order valence-corrected chi connectivity index (χ2v) is 8.51. The minimum absolute atomic E-state index is 0.0435. The zero-order valence-electron chi connectivity index (χ0n) is 18.7. The number of carbonyl (C=O) groups excluding carboxylic acids is 4. The van der Waals surface area contributed by atoms with Gasteiger partial charge >= 0.3 is 5.97 Å². The van der Waals surface area contributed by atoms with E-state index in [9.17, 15) is 23.6 Å². The molecule has 2 heterocycles. The van der Waals surface area contributed by atoms with E-state index in [2.05, 4.69) is 5.32 Å². The van der Waals surface area contributed by atoms with Gasteiger partial charge in [-0.05, 0) is 60.6 Å². The molecule has 1 fully saturated rings. The Morgan fingerprint density at radius 2 is 1.91 bits per heavy atom. The maximum atomic E-state index is 13.7. The van der Waals surface area contributed by atoms with Gasteiger partial charge in [0.15, 0.2) is 0 Å². The number of nitrogens with one attached hydrogen (secondary N) is 1. The highest BCUT2D eigenvalue weighted by Crippen LogP contribution is 2.34. The van der Waals surface area contributed by atoms with E-state index in [0.29, 0.717) is 28.8 Å². The van der Waals surface area contributed by atoms with E-state index < -0.39 is 35.4 Å². The molecule has 0 spiro atoms. The third-order valence-electron chi connectivity index (χ3n) is 5.14. The Balaban J connectivity index is 1.47. The van der Waals surface area contributed by atoms with Crippen LogP contribution in [0.25, 0.3) is 17.4 Å². The summed E-state index contributed by atoms with van der Waals surface area (Å²) in [4.78, 5) is 49.9. The molecule has 0 aliphatic carbocycles. The summed E-state index contributed by atoms with van der Waals surface area (Å²) in [5, 5.41) is 1.73. The molecule has 0 atom stereocenters. The molecule has 8 nitrogen and oxygen atoms in total. The van der Waals surface area contributed by atoms with Crippen LogP contribution in [-0.4, -0.2) is 41.6 Å². The predicted molar refractivity (Wildman–Crippen MR) is 128 cm³/mol. The minimum Gasteiger partial charge on any atom is -0.465 e. The molecular weight excluding hydrogens is 475 g/mol. The number of rotatable bonds is 6. The van der Waals surface area contributed by atoms with Crippen LogP contribution in [0.1, 0.15) is 21.7 Å². The molecule has 0 saturated carbocycles. The fraction of sp³-hybridized carbons (Fsp3) is 0.120. The quantitative estimate of drug-likeness (QED) is 0.385. The van der Waals surface area contributed by atoms with Crippen LogP contribution < -0.4 is 5.32 Å². The maximum absolute atomic E-state index is 13.7. The normalized spacial score (nSPS) is 14.5. The first-order valence-corrected chi connectivity index (χ1v) is 11.2. The standard InChI is InChI=1S/C25H19FN2O6S/c1-14-11-15(24(31)33-2)7-9-17(14)20-10-8-16(34-20)12-21-23(30)28(25(32)35-21)13-22(29)27-19-6-4-3-5-18(19)26/h3-12H,13H2,1-2H3,(H,27,29)/b21-12-. The van der Waals surface area contributed by atoms with Gasteiger partial charge in [-0.25, -0.2) is 9.18 Å². The summed E-state index contributed by atoms with van der Waals surface area (Å²) in [5.74, 6) is -1.59. The summed E-state index contributed by atoms with van der Waals surface area (Å²) in [6.45, 7) is 1.27. The lowest BCUT2D eigenvalue weighted by Crippen LogP contribution is -2.36. The van der Waals surface area contributed by atoms with E-state index in [1.54, 1.807) is 36.4 Å². The van der Waals surface area contributed by atoms with E-state index >= 15 is 0 Å². The number of benzene rings is 2. The highest BCUT2D eigenvalue weighted by molar-refractivity contribution is 8.18. The van der Waals surface area contributed by atoms with Crippen LogP contribution in [0.2, 0.25) is 0 Å². The number of nitrogens with zero attached hydrogens (tertiary/aromatic N) is 1. The zero-order valence-corrected chi connectivity index (χ0v) is 19.5. The fourth-order valence-corrected chi connectivity index (χ4v) is 4.24. The van der Waals surface area contributed by atoms with Crippen molar-refractivity contribution in [2.75, 3.05) is 19.0 Å². The van der Waals surface area contributed by atoms with Crippen molar-refractivity contribution < 1.29 is 32.7 Å². The SMILES string of the molecule is COC(=O)c1ccc(-c2ccc(/C=C3\SC(=O)N(CC(=O)Nc4ccccc4F)C3=O)o2)c(C)c1. The average molecular weight is 495 g/mol. The first-order valence-electron chi connectivity index (χ1n) is 10.4. The molecule has 1 aliphatic rings. The molecule has 10 heteroatoms. The number of imide groups is 1. The minimum atomic E-state index is -0.704. The summed E-state index contributed by atoms with van der Waals surface area (Å²) in [6.07, 6.45) is 1.42. The van der Waals surface area contributed by atoms with Crippen molar-refractivity contribution in [3.63, 3.8) is 0 Å². The Labute approximate surface area is 203 Å². The van der Waals surface area contributed by atoms with Crippen molar-refractivity contribution in [2.45, 2.75) is 6.92 Å². The van der Waals surface area contributed by atoms with Crippen molar-refractivity contribution in [2.24, 2.45) is 0 Å². The molecule has 178 valence electrons. The second-order valence-electron chi connectivity index (χ2n) is 7.52. The van der Waals surface area contributed by atoms with Crippen LogP contribution in [0.4, 0.5) is 14.9 Å². The maximum Gasteiger partial charge on any atom is 0.337 e. The number of ether oxygens (including phenoxy) is 1. The Kier molecular flexibility index (Phi) is 6.83. The Hall–Kier alpha value is -4.18. The lowest BCUT2D eigenvalue weighted by Gasteiger charge is -2.12. The summed E-state index contributed by atoms with van der Waals surface area (Å²) >= 11 is 0.677. The monoisotopic (exact) mass is 494 g/mol. The molecule has 3 amide bonds. The summed E-state index contributed by atoms with van der Waals surface area (Å²) < 4.78 is 24.3. The molecule has 1 aliphatic heterocycles. The molecule has 3 aromatic rings. The predicted octanol–water partition coefficient (Wildman–Crippen LogP) is 4.86. The van der Waals surface area contributed by atoms with Crippen molar-refractivity contribution in [1.82, 2.24) is 4.90 Å². The van der Waals surface area contributed by atoms with Crippen molar-refractivity contribution in [3.05, 3.63) is 82.2 Å². The molecule has 0 radical (unpaired) electrons. The lowest BCUT2D eigenvalue weighted by atomic mass is 10.0. The largest absolute Gasteiger partial charge is 0.465 e. The van der Waals surface area contributed by atoms with Crippen LogP contribution in [-0.2, 0) is 14.3 Å². The molecule has 1 saturated heterocycles. The van der Waals surface area contributed by atoms with Crippen LogP contribution in [0.3, 0.4) is 0 Å². The molecular formula is C25H19FN2O6S. The third-order valence-corrected chi connectivity index (χ3v) is 6.04. The first-order chi connectivity index (χ1) is 16.8. The number of amides is 3. The van der Waals surface area contributed by atoms with E-state index in [-0.39, 0.29) is 10.6 Å². The number of para-hydroxylation sites is 1. The topological polar surface area (TPSA) is 106 Å². The number of hydrogen-bond donors (Lipinski definition) is 1. The highest BCUT2D eigenvalue weighted by atomic mass is 32.2. The van der Waals surface area contributed by atoms with Crippen LogP contribution in [0.15, 0.2) is 63.9 Å². The van der Waals surface area contributed by atoms with Crippen LogP contribution in [0.5, 0.6) is 0 Å². The number of thioether (sulfide) groups is 1. The number of aryl methyl sites for hydroxylation is 1. The van der Waals surface area contributed by atoms with Crippen LogP contribution >= 0.6 is 11.8 Å². The van der Waals surface area contributed by atoms with Gasteiger partial charge in [-0.1, -0.05) is 18.2 Å². The number of methoxy groups -OCH3 is 1. The zero-order chi connectivity index (χ0) is 25.1. The summed E-state index contributed by atoms with van der Waals surface area (Å²) in [5.41, 5.74) is 1.90. The van der Waals surface area contributed by atoms with Gasteiger partial charge in [0, 0.05) is 11.6 Å². The van der Waals surface area contributed by atoms with Gasteiger partial charge in [0.2, 0.25) is 5.91 Å². The lowest BCUT2D eigenvalue weighted by molar-refractivity contribution is -0.127. The molecule has 2 aromatic carbocycles. The molecule has 35 heavy (non-hydrogen) atoms. The first kappa shape index (κ1) is 24.0. The number of hydrogen-bond acceptors (Lipinski definition) is 7. The average Bonchev–Trinajstić information content (AvgIpc) is 3.40. The molecule has 4 rings (SSSR count). The fourth-order valence-electron chi connectivity index (χ4n) is 3.42. The van der Waals surface area contributed by atoms with Gasteiger partial charge in [-0.15, -0.1) is 0 Å². The van der Waals surface area contributed by atoms with Gasteiger partial charge in [-0.3, -0.25) is 19.3 Å². The van der Waals surface area contributed by atoms with Gasteiger partial charge in [-0.2, -0.15) is 0 Å². The van der Waals surface area contributed by atoms with Gasteiger partial charge < -0.3 is 14.5 Å². The van der Waals surface area contributed by atoms with Gasteiger partial charge in [0.1, 0.15) is 23.9 Å². The number of furan rings is 1. The molecule has 1 aromatic heterocycles. The van der Waals surface area contributed by atoms with Crippen LogP contribution in [0, 0.1) is 12.7 Å². The Morgan fingerprint density at radius 1 is 1.14 bits per heavy atom. The summed E-state index contributed by atoms with van der Waals surface area (Å²) in [6, 6.07) is 14.0. The Bertz CT molecular complexity index is 1380.